The Morgan fingerprint density at radius 1 is 1.17 bits per heavy atom. The van der Waals surface area contributed by atoms with Gasteiger partial charge in [0.25, 0.3) is 5.69 Å². The second kappa shape index (κ2) is 5.92. The van der Waals surface area contributed by atoms with Crippen LogP contribution in [0.5, 0.6) is 0 Å². The smallest absolute Gasteiger partial charge is 0.278 e. The molecule has 6 nitrogen and oxygen atoms in total. The van der Waals surface area contributed by atoms with Crippen LogP contribution in [0, 0.1) is 10.1 Å². The van der Waals surface area contributed by atoms with Crippen molar-refractivity contribution in [2.75, 3.05) is 19.0 Å². The molecule has 0 saturated carbocycles. The Morgan fingerprint density at radius 3 is 2.70 bits per heavy atom. The van der Waals surface area contributed by atoms with Gasteiger partial charge < -0.3 is 4.90 Å². The van der Waals surface area contributed by atoms with Crippen LogP contribution in [0.3, 0.4) is 0 Å². The van der Waals surface area contributed by atoms with E-state index in [1.807, 2.05) is 49.3 Å². The lowest BCUT2D eigenvalue weighted by atomic mass is 10.1. The lowest BCUT2D eigenvalue weighted by molar-refractivity contribution is -0.385. The zero-order valence-corrected chi connectivity index (χ0v) is 12.9. The molecule has 0 unspecified atom stereocenters. The third kappa shape index (κ3) is 2.91. The molecule has 0 aliphatic rings. The second-order valence-electron chi connectivity index (χ2n) is 5.38. The summed E-state index contributed by atoms with van der Waals surface area (Å²) in [5, 5.41) is 19.5. The molecular weight excluding hydrogens is 292 g/mol. The van der Waals surface area contributed by atoms with Crippen LogP contribution in [0.4, 0.5) is 11.4 Å². The third-order valence-corrected chi connectivity index (χ3v) is 3.65. The van der Waals surface area contributed by atoms with Gasteiger partial charge in [0, 0.05) is 31.2 Å². The molecule has 0 amide bonds. The summed E-state index contributed by atoms with van der Waals surface area (Å²) >= 11 is 0. The van der Waals surface area contributed by atoms with E-state index in [1.54, 1.807) is 24.3 Å². The summed E-state index contributed by atoms with van der Waals surface area (Å²) in [5.74, 6) is 0. The van der Waals surface area contributed by atoms with E-state index in [-0.39, 0.29) is 10.6 Å². The molecule has 0 aliphatic carbocycles. The minimum atomic E-state index is -0.366. The van der Waals surface area contributed by atoms with Gasteiger partial charge in [-0.1, -0.05) is 18.2 Å². The summed E-state index contributed by atoms with van der Waals surface area (Å²) in [6.07, 6.45) is 3.51. The van der Waals surface area contributed by atoms with Crippen molar-refractivity contribution in [3.05, 3.63) is 63.8 Å². The molecule has 2 aromatic carbocycles. The van der Waals surface area contributed by atoms with Gasteiger partial charge in [0.2, 0.25) is 0 Å². The number of benzene rings is 2. The summed E-state index contributed by atoms with van der Waals surface area (Å²) in [6, 6.07) is 12.9. The first-order valence-electron chi connectivity index (χ1n) is 7.13. The molecule has 0 saturated heterocycles. The zero-order valence-electron chi connectivity index (χ0n) is 12.9. The SMILES string of the molecule is CN(C)c1ccc(/C=C/c2n[nH]c3ccccc23)c([N+](=O)[O-])c1. The van der Waals surface area contributed by atoms with Crippen LogP contribution < -0.4 is 4.90 Å². The molecule has 1 aromatic heterocycles. The number of rotatable bonds is 4. The van der Waals surface area contributed by atoms with Crippen LogP contribution in [0.25, 0.3) is 23.1 Å². The van der Waals surface area contributed by atoms with Crippen molar-refractivity contribution >= 4 is 34.4 Å². The number of nitrogens with zero attached hydrogens (tertiary/aromatic N) is 3. The van der Waals surface area contributed by atoms with Gasteiger partial charge in [0.15, 0.2) is 0 Å². The first kappa shape index (κ1) is 14.8. The Morgan fingerprint density at radius 2 is 1.96 bits per heavy atom. The number of aromatic nitrogens is 2. The Kier molecular flexibility index (Phi) is 3.80. The minimum absolute atomic E-state index is 0.0762. The quantitative estimate of drug-likeness (QED) is 0.589. The minimum Gasteiger partial charge on any atom is -0.377 e. The molecule has 3 rings (SSSR count). The van der Waals surface area contributed by atoms with E-state index in [2.05, 4.69) is 10.2 Å². The highest BCUT2D eigenvalue weighted by Gasteiger charge is 2.13. The van der Waals surface area contributed by atoms with Crippen LogP contribution in [0.2, 0.25) is 0 Å². The first-order valence-corrected chi connectivity index (χ1v) is 7.13. The number of hydrogen-bond donors (Lipinski definition) is 1. The van der Waals surface area contributed by atoms with E-state index in [0.29, 0.717) is 5.56 Å². The van der Waals surface area contributed by atoms with E-state index in [0.717, 1.165) is 22.3 Å². The highest BCUT2D eigenvalue weighted by atomic mass is 16.6. The fraction of sp³-hybridized carbons (Fsp3) is 0.118. The molecule has 1 N–H and O–H groups in total. The van der Waals surface area contributed by atoms with Gasteiger partial charge in [-0.3, -0.25) is 15.2 Å². The molecule has 0 spiro atoms. The first-order chi connectivity index (χ1) is 11.1. The molecule has 0 bridgehead atoms. The Hall–Kier alpha value is -3.15. The van der Waals surface area contributed by atoms with Crippen molar-refractivity contribution in [2.45, 2.75) is 0 Å². The van der Waals surface area contributed by atoms with Gasteiger partial charge in [-0.05, 0) is 30.4 Å². The number of para-hydroxylation sites is 1. The number of fused-ring (bicyclic) bond motifs is 1. The van der Waals surface area contributed by atoms with E-state index in [1.165, 1.54) is 0 Å². The monoisotopic (exact) mass is 308 g/mol. The molecule has 1 heterocycles. The maximum Gasteiger partial charge on any atom is 0.278 e. The number of aromatic amines is 1. The van der Waals surface area contributed by atoms with Crippen molar-refractivity contribution in [2.24, 2.45) is 0 Å². The molecule has 0 atom stereocenters. The largest absolute Gasteiger partial charge is 0.377 e. The van der Waals surface area contributed by atoms with Crippen molar-refractivity contribution in [3.8, 4) is 0 Å². The molecular formula is C17H16N4O2. The second-order valence-corrected chi connectivity index (χ2v) is 5.38. The van der Waals surface area contributed by atoms with Gasteiger partial charge >= 0.3 is 0 Å². The van der Waals surface area contributed by atoms with Crippen molar-refractivity contribution in [3.63, 3.8) is 0 Å². The average molecular weight is 308 g/mol. The normalized spacial score (nSPS) is 11.2. The van der Waals surface area contributed by atoms with E-state index >= 15 is 0 Å². The summed E-state index contributed by atoms with van der Waals surface area (Å²) in [5.41, 5.74) is 3.11. The summed E-state index contributed by atoms with van der Waals surface area (Å²) in [6.45, 7) is 0. The lowest BCUT2D eigenvalue weighted by Gasteiger charge is -2.12. The lowest BCUT2D eigenvalue weighted by Crippen LogP contribution is -2.09. The van der Waals surface area contributed by atoms with E-state index in [9.17, 15) is 10.1 Å². The third-order valence-electron chi connectivity index (χ3n) is 3.65. The van der Waals surface area contributed by atoms with Crippen LogP contribution in [0.1, 0.15) is 11.3 Å². The standard InChI is InChI=1S/C17H16N4O2/c1-20(2)13-9-7-12(17(11-13)21(22)23)8-10-16-14-5-3-4-6-15(14)18-19-16/h3-11H,1-2H3,(H,18,19)/b10-8+. The maximum absolute atomic E-state index is 11.3. The summed E-state index contributed by atoms with van der Waals surface area (Å²) < 4.78 is 0. The Balaban J connectivity index is 2.00. The van der Waals surface area contributed by atoms with Crippen molar-refractivity contribution in [1.82, 2.24) is 10.2 Å². The highest BCUT2D eigenvalue weighted by Crippen LogP contribution is 2.27. The highest BCUT2D eigenvalue weighted by molar-refractivity contribution is 5.90. The van der Waals surface area contributed by atoms with Crippen LogP contribution in [0.15, 0.2) is 42.5 Å². The van der Waals surface area contributed by atoms with Gasteiger partial charge in [0.05, 0.1) is 21.7 Å². The number of hydrogen-bond acceptors (Lipinski definition) is 4. The van der Waals surface area contributed by atoms with Crippen LogP contribution in [-0.2, 0) is 0 Å². The number of nitro groups is 1. The fourth-order valence-corrected chi connectivity index (χ4v) is 2.39. The molecule has 23 heavy (non-hydrogen) atoms. The predicted molar refractivity (Wildman–Crippen MR) is 92.4 cm³/mol. The van der Waals surface area contributed by atoms with E-state index < -0.39 is 0 Å². The Bertz CT molecular complexity index is 896. The van der Waals surface area contributed by atoms with E-state index in [4.69, 9.17) is 0 Å². The predicted octanol–water partition coefficient (Wildman–Crippen LogP) is 3.71. The van der Waals surface area contributed by atoms with Gasteiger partial charge in [-0.25, -0.2) is 0 Å². The van der Waals surface area contributed by atoms with Gasteiger partial charge in [-0.2, -0.15) is 5.10 Å². The maximum atomic E-state index is 11.3. The molecule has 0 radical (unpaired) electrons. The van der Waals surface area contributed by atoms with Crippen molar-refractivity contribution in [1.29, 1.82) is 0 Å². The molecule has 3 aromatic rings. The van der Waals surface area contributed by atoms with Gasteiger partial charge in [0.1, 0.15) is 0 Å². The molecule has 0 fully saturated rings. The number of nitro benzene ring substituents is 1. The Labute approximate surface area is 133 Å². The number of H-pyrrole nitrogens is 1. The topological polar surface area (TPSA) is 75.1 Å². The number of anilines is 1. The molecule has 0 aliphatic heterocycles. The van der Waals surface area contributed by atoms with Gasteiger partial charge in [-0.15, -0.1) is 0 Å². The van der Waals surface area contributed by atoms with Crippen LogP contribution in [-0.4, -0.2) is 29.2 Å². The molecule has 6 heteroatoms. The molecule has 116 valence electrons. The average Bonchev–Trinajstić information content (AvgIpc) is 2.95. The summed E-state index contributed by atoms with van der Waals surface area (Å²) in [7, 11) is 3.70. The number of nitrogens with one attached hydrogen (secondary N) is 1. The van der Waals surface area contributed by atoms with Crippen LogP contribution >= 0.6 is 0 Å². The van der Waals surface area contributed by atoms with Crippen molar-refractivity contribution < 1.29 is 4.92 Å². The summed E-state index contributed by atoms with van der Waals surface area (Å²) in [4.78, 5) is 12.8. The fourth-order valence-electron chi connectivity index (χ4n) is 2.39. The zero-order chi connectivity index (χ0) is 16.4.